The average molecular weight is 263 g/mol. The van der Waals surface area contributed by atoms with Crippen LogP contribution in [0.25, 0.3) is 0 Å². The minimum atomic E-state index is -0.308. The monoisotopic (exact) mass is 263 g/mol. The number of amides is 1. The number of aryl methyl sites for hydroxylation is 1. The zero-order chi connectivity index (χ0) is 13.8. The van der Waals surface area contributed by atoms with Gasteiger partial charge in [-0.05, 0) is 24.5 Å². The maximum atomic E-state index is 11.6. The first-order valence-corrected chi connectivity index (χ1v) is 6.87. The summed E-state index contributed by atoms with van der Waals surface area (Å²) in [5.74, 6) is 0. The van der Waals surface area contributed by atoms with E-state index in [0.29, 0.717) is 18.8 Å². The Bertz CT molecular complexity index is 474. The van der Waals surface area contributed by atoms with Crippen LogP contribution in [0, 0.1) is 0 Å². The number of rotatable bonds is 1. The van der Waals surface area contributed by atoms with Crippen molar-refractivity contribution in [1.29, 1.82) is 0 Å². The van der Waals surface area contributed by atoms with Gasteiger partial charge in [0.25, 0.3) is 0 Å². The van der Waals surface area contributed by atoms with E-state index in [1.807, 2.05) is 26.0 Å². The summed E-state index contributed by atoms with van der Waals surface area (Å²) in [7, 11) is 0. The number of nitrogen functional groups attached to an aromatic ring is 1. The number of carbonyl (C=O) groups is 1. The van der Waals surface area contributed by atoms with Gasteiger partial charge in [0.1, 0.15) is 6.61 Å². The number of fused-ring (bicyclic) bond motifs is 1. The van der Waals surface area contributed by atoms with Crippen LogP contribution in [0.1, 0.15) is 25.8 Å². The quantitative estimate of drug-likeness (QED) is 0.764. The van der Waals surface area contributed by atoms with Gasteiger partial charge in [-0.15, -0.1) is 0 Å². The zero-order valence-corrected chi connectivity index (χ0v) is 11.5. The number of cyclic esters (lactones) is 1. The number of nitrogens with two attached hydrogens (primary N) is 1. The van der Waals surface area contributed by atoms with E-state index in [1.165, 1.54) is 5.56 Å². The Labute approximate surface area is 113 Å². The van der Waals surface area contributed by atoms with Crippen LogP contribution in [0.5, 0.6) is 0 Å². The zero-order valence-electron chi connectivity index (χ0n) is 11.5. The van der Waals surface area contributed by atoms with E-state index >= 15 is 0 Å². The summed E-state index contributed by atoms with van der Waals surface area (Å²) in [6.07, 6.45) is 1.83. The van der Waals surface area contributed by atoms with Gasteiger partial charge in [0, 0.05) is 6.54 Å². The van der Waals surface area contributed by atoms with Crippen LogP contribution in [0.3, 0.4) is 0 Å². The fraction of sp³-hybridized carbons (Fsp3) is 0.500. The fourth-order valence-corrected chi connectivity index (χ4v) is 2.43. The van der Waals surface area contributed by atoms with E-state index in [2.05, 4.69) is 5.32 Å². The van der Waals surface area contributed by atoms with E-state index in [9.17, 15) is 4.79 Å². The van der Waals surface area contributed by atoms with Crippen molar-refractivity contribution in [3.63, 3.8) is 0 Å². The number of nitrogens with zero attached hydrogens (tertiary/aromatic N) is 1. The highest BCUT2D eigenvalue weighted by Gasteiger charge is 2.29. The summed E-state index contributed by atoms with van der Waals surface area (Å²) in [4.78, 5) is 13.3. The number of hydrogen-bond donors (Lipinski definition) is 2. The second-order valence-electron chi connectivity index (χ2n) is 4.33. The molecule has 19 heavy (non-hydrogen) atoms. The maximum absolute atomic E-state index is 11.6. The summed E-state index contributed by atoms with van der Waals surface area (Å²) < 4.78 is 4.97. The molecule has 5 nitrogen and oxygen atoms in total. The molecule has 104 valence electrons. The molecule has 0 spiro atoms. The SMILES string of the molecule is CC.Nc1ccc2c(c1N1CCOC1=O)NCCC2. The first kappa shape index (κ1) is 13.5. The van der Waals surface area contributed by atoms with E-state index in [4.69, 9.17) is 10.5 Å². The number of benzene rings is 1. The Balaban J connectivity index is 0.000000637. The van der Waals surface area contributed by atoms with E-state index < -0.39 is 0 Å². The maximum Gasteiger partial charge on any atom is 0.414 e. The topological polar surface area (TPSA) is 67.6 Å². The van der Waals surface area contributed by atoms with Crippen LogP contribution in [0.4, 0.5) is 21.9 Å². The molecule has 1 amide bonds. The molecule has 3 N–H and O–H groups in total. The molecule has 1 saturated heterocycles. The predicted molar refractivity (Wildman–Crippen MR) is 77.7 cm³/mol. The van der Waals surface area contributed by atoms with E-state index in [-0.39, 0.29) is 6.09 Å². The third-order valence-electron chi connectivity index (χ3n) is 3.25. The lowest BCUT2D eigenvalue weighted by molar-refractivity contribution is 0.181. The van der Waals surface area contributed by atoms with Crippen molar-refractivity contribution in [2.24, 2.45) is 0 Å². The molecule has 0 bridgehead atoms. The molecule has 1 aromatic carbocycles. The molecule has 1 aromatic rings. The molecule has 2 aliphatic heterocycles. The molecule has 0 radical (unpaired) electrons. The molecule has 1 fully saturated rings. The number of ether oxygens (including phenoxy) is 1. The lowest BCUT2D eigenvalue weighted by atomic mass is 10.0. The van der Waals surface area contributed by atoms with Crippen LogP contribution in [-0.2, 0) is 11.2 Å². The minimum Gasteiger partial charge on any atom is -0.447 e. The summed E-state index contributed by atoms with van der Waals surface area (Å²) >= 11 is 0. The van der Waals surface area contributed by atoms with Crippen LogP contribution in [0.15, 0.2) is 12.1 Å². The van der Waals surface area contributed by atoms with Gasteiger partial charge in [-0.1, -0.05) is 19.9 Å². The van der Waals surface area contributed by atoms with Crippen LogP contribution in [0.2, 0.25) is 0 Å². The Kier molecular flexibility index (Phi) is 4.14. The Morgan fingerprint density at radius 1 is 1.37 bits per heavy atom. The molecule has 5 heteroatoms. The molecule has 3 rings (SSSR count). The lowest BCUT2D eigenvalue weighted by Crippen LogP contribution is -2.27. The second kappa shape index (κ2) is 5.82. The van der Waals surface area contributed by atoms with Crippen LogP contribution in [-0.4, -0.2) is 25.8 Å². The summed E-state index contributed by atoms with van der Waals surface area (Å²) in [5.41, 5.74) is 9.62. The highest BCUT2D eigenvalue weighted by atomic mass is 16.6. The third kappa shape index (κ3) is 2.45. The molecule has 0 atom stereocenters. The normalized spacial score (nSPS) is 16.9. The number of hydrogen-bond acceptors (Lipinski definition) is 4. The highest BCUT2D eigenvalue weighted by Crippen LogP contribution is 2.38. The molecular formula is C14H21N3O2. The van der Waals surface area contributed by atoms with Crippen molar-refractivity contribution in [2.45, 2.75) is 26.7 Å². The number of nitrogens with one attached hydrogen (secondary N) is 1. The molecule has 0 aliphatic carbocycles. The van der Waals surface area contributed by atoms with Crippen molar-refractivity contribution < 1.29 is 9.53 Å². The van der Waals surface area contributed by atoms with Crippen molar-refractivity contribution >= 4 is 23.2 Å². The van der Waals surface area contributed by atoms with Gasteiger partial charge in [-0.3, -0.25) is 4.90 Å². The summed E-state index contributed by atoms with van der Waals surface area (Å²) in [5, 5.41) is 3.34. The third-order valence-corrected chi connectivity index (χ3v) is 3.25. The van der Waals surface area contributed by atoms with Crippen LogP contribution < -0.4 is 16.0 Å². The number of anilines is 3. The summed E-state index contributed by atoms with van der Waals surface area (Å²) in [6.45, 7) is 5.93. The van der Waals surface area contributed by atoms with Crippen molar-refractivity contribution in [3.8, 4) is 0 Å². The Morgan fingerprint density at radius 3 is 2.84 bits per heavy atom. The first-order chi connectivity index (χ1) is 9.27. The molecule has 0 unspecified atom stereocenters. The molecule has 2 aliphatic rings. The van der Waals surface area contributed by atoms with Crippen LogP contribution >= 0.6 is 0 Å². The predicted octanol–water partition coefficient (Wildman–Crippen LogP) is 2.61. The molecule has 0 saturated carbocycles. The summed E-state index contributed by atoms with van der Waals surface area (Å²) in [6, 6.07) is 3.90. The smallest absolute Gasteiger partial charge is 0.414 e. The molecule has 0 aromatic heterocycles. The van der Waals surface area contributed by atoms with Crippen molar-refractivity contribution in [3.05, 3.63) is 17.7 Å². The molecule has 2 heterocycles. The van der Waals surface area contributed by atoms with Gasteiger partial charge in [0.05, 0.1) is 23.6 Å². The van der Waals surface area contributed by atoms with Gasteiger partial charge in [-0.2, -0.15) is 0 Å². The highest BCUT2D eigenvalue weighted by molar-refractivity contribution is 5.99. The van der Waals surface area contributed by atoms with Gasteiger partial charge >= 0.3 is 6.09 Å². The van der Waals surface area contributed by atoms with Gasteiger partial charge in [-0.25, -0.2) is 4.79 Å². The minimum absolute atomic E-state index is 0.308. The standard InChI is InChI=1S/C12H15N3O2.C2H6/c13-9-4-3-8-2-1-5-14-10(8)11(9)15-6-7-17-12(15)16;1-2/h3-4,14H,1-2,5-7,13H2;1-2H3. The van der Waals surface area contributed by atoms with E-state index in [1.54, 1.807) is 4.90 Å². The largest absolute Gasteiger partial charge is 0.447 e. The van der Waals surface area contributed by atoms with Gasteiger partial charge in [0.2, 0.25) is 0 Å². The van der Waals surface area contributed by atoms with E-state index in [0.717, 1.165) is 30.8 Å². The molecular weight excluding hydrogens is 242 g/mol. The average Bonchev–Trinajstić information content (AvgIpc) is 2.87. The van der Waals surface area contributed by atoms with Gasteiger partial charge < -0.3 is 15.8 Å². The number of carbonyl (C=O) groups excluding carboxylic acids is 1. The van der Waals surface area contributed by atoms with Crippen molar-refractivity contribution in [2.75, 3.05) is 35.6 Å². The Morgan fingerprint density at radius 2 is 2.16 bits per heavy atom. The van der Waals surface area contributed by atoms with Gasteiger partial charge in [0.15, 0.2) is 0 Å². The lowest BCUT2D eigenvalue weighted by Gasteiger charge is -2.26. The first-order valence-electron chi connectivity index (χ1n) is 6.87. The van der Waals surface area contributed by atoms with Crippen molar-refractivity contribution in [1.82, 2.24) is 0 Å². The fourth-order valence-electron chi connectivity index (χ4n) is 2.43. The Hall–Kier alpha value is -1.91. The second-order valence-corrected chi connectivity index (χ2v) is 4.33.